The molecular weight excluding hydrogens is 350 g/mol. The lowest BCUT2D eigenvalue weighted by Crippen LogP contribution is -2.50. The maximum atomic E-state index is 12.9. The fourth-order valence-electron chi connectivity index (χ4n) is 3.43. The molecule has 2 aromatic carbocycles. The third-order valence-electron chi connectivity index (χ3n) is 5.00. The van der Waals surface area contributed by atoms with E-state index < -0.39 is 0 Å². The average Bonchev–Trinajstić information content (AvgIpc) is 2.79. The molecule has 0 N–H and O–H groups in total. The minimum atomic E-state index is -0.0134. The summed E-state index contributed by atoms with van der Waals surface area (Å²) in [5.41, 5.74) is 3.42. The second-order valence-corrected chi connectivity index (χ2v) is 6.77. The summed E-state index contributed by atoms with van der Waals surface area (Å²) in [6.07, 6.45) is 3.24. The van der Waals surface area contributed by atoms with Gasteiger partial charge in [0.25, 0.3) is 11.8 Å². The normalized spacial score (nSPS) is 14.0. The highest BCUT2D eigenvalue weighted by molar-refractivity contribution is 5.96. The number of piperazine rings is 1. The molecule has 1 saturated heterocycles. The topological polar surface area (TPSA) is 53.5 Å². The lowest BCUT2D eigenvalue weighted by atomic mass is 10.0. The molecule has 2 heterocycles. The first-order chi connectivity index (χ1) is 13.7. The number of pyridine rings is 1. The predicted octanol–water partition coefficient (Wildman–Crippen LogP) is 3.35. The highest BCUT2D eigenvalue weighted by Crippen LogP contribution is 2.21. The molecule has 0 atom stereocenters. The van der Waals surface area contributed by atoms with E-state index in [4.69, 9.17) is 0 Å². The third kappa shape index (κ3) is 3.78. The van der Waals surface area contributed by atoms with E-state index in [0.717, 1.165) is 11.1 Å². The van der Waals surface area contributed by atoms with E-state index in [9.17, 15) is 9.59 Å². The van der Waals surface area contributed by atoms with E-state index in [2.05, 4.69) is 4.98 Å². The van der Waals surface area contributed by atoms with Gasteiger partial charge in [0.15, 0.2) is 0 Å². The standard InChI is InChI=1S/C23H21N3O2/c27-22(19-9-11-24-12-10-19)25-13-15-26(16-14-25)23(28)21-8-4-7-20(17-21)18-5-2-1-3-6-18/h1-12,17H,13-16H2. The van der Waals surface area contributed by atoms with Crippen LogP contribution in [0.4, 0.5) is 0 Å². The molecule has 0 radical (unpaired) electrons. The van der Waals surface area contributed by atoms with Gasteiger partial charge in [0.1, 0.15) is 0 Å². The maximum Gasteiger partial charge on any atom is 0.254 e. The van der Waals surface area contributed by atoms with Gasteiger partial charge in [-0.25, -0.2) is 0 Å². The SMILES string of the molecule is O=C(c1ccncc1)N1CCN(C(=O)c2cccc(-c3ccccc3)c2)CC1. The van der Waals surface area contributed by atoms with Crippen LogP contribution in [0, 0.1) is 0 Å². The average molecular weight is 371 g/mol. The van der Waals surface area contributed by atoms with Crippen LogP contribution in [0.1, 0.15) is 20.7 Å². The summed E-state index contributed by atoms with van der Waals surface area (Å²) in [5, 5.41) is 0. The Labute approximate surface area is 164 Å². The highest BCUT2D eigenvalue weighted by Gasteiger charge is 2.25. The van der Waals surface area contributed by atoms with Crippen molar-refractivity contribution in [1.82, 2.24) is 14.8 Å². The van der Waals surface area contributed by atoms with Gasteiger partial charge in [-0.3, -0.25) is 14.6 Å². The minimum Gasteiger partial charge on any atom is -0.335 e. The fourth-order valence-corrected chi connectivity index (χ4v) is 3.43. The first kappa shape index (κ1) is 17.9. The summed E-state index contributed by atoms with van der Waals surface area (Å²) >= 11 is 0. The van der Waals surface area contributed by atoms with Crippen LogP contribution in [0.2, 0.25) is 0 Å². The Hall–Kier alpha value is -3.47. The Morgan fingerprint density at radius 2 is 1.21 bits per heavy atom. The number of nitrogens with zero attached hydrogens (tertiary/aromatic N) is 3. The molecule has 1 aliphatic heterocycles. The van der Waals surface area contributed by atoms with Gasteiger partial charge in [-0.05, 0) is 35.4 Å². The molecular formula is C23H21N3O2. The van der Waals surface area contributed by atoms with Crippen LogP contribution < -0.4 is 0 Å². The molecule has 0 saturated carbocycles. The molecule has 0 spiro atoms. The van der Waals surface area contributed by atoms with E-state index in [-0.39, 0.29) is 11.8 Å². The van der Waals surface area contributed by atoms with Crippen LogP contribution in [-0.4, -0.2) is 52.8 Å². The number of amides is 2. The zero-order valence-corrected chi connectivity index (χ0v) is 15.5. The fraction of sp³-hybridized carbons (Fsp3) is 0.174. The zero-order valence-electron chi connectivity index (χ0n) is 15.5. The van der Waals surface area contributed by atoms with Crippen molar-refractivity contribution in [3.05, 3.63) is 90.3 Å². The summed E-state index contributed by atoms with van der Waals surface area (Å²) < 4.78 is 0. The smallest absolute Gasteiger partial charge is 0.254 e. The summed E-state index contributed by atoms with van der Waals surface area (Å²) in [5.74, 6) is -0.00522. The first-order valence-electron chi connectivity index (χ1n) is 9.36. The van der Waals surface area contributed by atoms with Crippen molar-refractivity contribution in [2.24, 2.45) is 0 Å². The van der Waals surface area contributed by atoms with Crippen LogP contribution in [0.5, 0.6) is 0 Å². The van der Waals surface area contributed by atoms with Crippen LogP contribution in [0.25, 0.3) is 11.1 Å². The maximum absolute atomic E-state index is 12.9. The Balaban J connectivity index is 1.43. The van der Waals surface area contributed by atoms with Crippen molar-refractivity contribution >= 4 is 11.8 Å². The molecule has 5 heteroatoms. The Morgan fingerprint density at radius 1 is 0.643 bits per heavy atom. The summed E-state index contributed by atoms with van der Waals surface area (Å²) in [6.45, 7) is 2.13. The lowest BCUT2D eigenvalue weighted by Gasteiger charge is -2.35. The van der Waals surface area contributed by atoms with Gasteiger partial charge in [-0.1, -0.05) is 42.5 Å². The number of benzene rings is 2. The van der Waals surface area contributed by atoms with E-state index in [1.165, 1.54) is 0 Å². The van der Waals surface area contributed by atoms with E-state index in [1.807, 2.05) is 59.5 Å². The first-order valence-corrected chi connectivity index (χ1v) is 9.36. The van der Waals surface area contributed by atoms with Gasteiger partial charge in [0.05, 0.1) is 0 Å². The second-order valence-electron chi connectivity index (χ2n) is 6.77. The number of rotatable bonds is 3. The molecule has 0 unspecified atom stereocenters. The number of hydrogen-bond acceptors (Lipinski definition) is 3. The van der Waals surface area contributed by atoms with Crippen molar-refractivity contribution in [3.8, 4) is 11.1 Å². The summed E-state index contributed by atoms with van der Waals surface area (Å²) in [7, 11) is 0. The molecule has 0 aliphatic carbocycles. The van der Waals surface area contributed by atoms with Crippen LogP contribution in [0.15, 0.2) is 79.1 Å². The number of aromatic nitrogens is 1. The molecule has 28 heavy (non-hydrogen) atoms. The Kier molecular flexibility index (Phi) is 5.15. The van der Waals surface area contributed by atoms with Crippen molar-refractivity contribution < 1.29 is 9.59 Å². The minimum absolute atomic E-state index is 0.00814. The Morgan fingerprint density at radius 3 is 1.86 bits per heavy atom. The van der Waals surface area contributed by atoms with Gasteiger partial charge in [-0.15, -0.1) is 0 Å². The van der Waals surface area contributed by atoms with Gasteiger partial charge < -0.3 is 9.80 Å². The van der Waals surface area contributed by atoms with Gasteiger partial charge in [0.2, 0.25) is 0 Å². The third-order valence-corrected chi connectivity index (χ3v) is 5.00. The van der Waals surface area contributed by atoms with Gasteiger partial charge in [0, 0.05) is 49.7 Å². The zero-order chi connectivity index (χ0) is 19.3. The molecule has 1 aliphatic rings. The largest absolute Gasteiger partial charge is 0.335 e. The predicted molar refractivity (Wildman–Crippen MR) is 108 cm³/mol. The number of carbonyl (C=O) groups is 2. The quantitative estimate of drug-likeness (QED) is 0.709. The molecule has 4 rings (SSSR count). The molecule has 1 fully saturated rings. The second kappa shape index (κ2) is 8.05. The molecule has 3 aromatic rings. The number of carbonyl (C=O) groups excluding carboxylic acids is 2. The lowest BCUT2D eigenvalue weighted by molar-refractivity contribution is 0.0535. The molecule has 5 nitrogen and oxygen atoms in total. The van der Waals surface area contributed by atoms with E-state index in [1.54, 1.807) is 29.4 Å². The van der Waals surface area contributed by atoms with Crippen LogP contribution in [0.3, 0.4) is 0 Å². The summed E-state index contributed by atoms with van der Waals surface area (Å²) in [6, 6.07) is 21.2. The monoisotopic (exact) mass is 371 g/mol. The molecule has 140 valence electrons. The van der Waals surface area contributed by atoms with Gasteiger partial charge in [-0.2, -0.15) is 0 Å². The van der Waals surface area contributed by atoms with Crippen molar-refractivity contribution in [3.63, 3.8) is 0 Å². The Bertz CT molecular complexity index is 965. The summed E-state index contributed by atoms with van der Waals surface area (Å²) in [4.78, 5) is 33.0. The van der Waals surface area contributed by atoms with Crippen molar-refractivity contribution in [2.75, 3.05) is 26.2 Å². The highest BCUT2D eigenvalue weighted by atomic mass is 16.2. The van der Waals surface area contributed by atoms with Crippen molar-refractivity contribution in [2.45, 2.75) is 0 Å². The molecule has 1 aromatic heterocycles. The van der Waals surface area contributed by atoms with E-state index in [0.29, 0.717) is 37.3 Å². The van der Waals surface area contributed by atoms with E-state index >= 15 is 0 Å². The van der Waals surface area contributed by atoms with Gasteiger partial charge >= 0.3 is 0 Å². The van der Waals surface area contributed by atoms with Crippen LogP contribution in [-0.2, 0) is 0 Å². The molecule has 0 bridgehead atoms. The number of hydrogen-bond donors (Lipinski definition) is 0. The van der Waals surface area contributed by atoms with Crippen molar-refractivity contribution in [1.29, 1.82) is 0 Å². The van der Waals surface area contributed by atoms with Crippen LogP contribution >= 0.6 is 0 Å². The molecule has 2 amide bonds.